The van der Waals surface area contributed by atoms with Crippen LogP contribution in [0.25, 0.3) is 21.9 Å². The van der Waals surface area contributed by atoms with Crippen molar-refractivity contribution in [2.24, 2.45) is 4.99 Å². The molecule has 0 unspecified atom stereocenters. The Balaban J connectivity index is 0.00000180. The molecule has 2 aromatic carbocycles. The SMILES string of the molecule is Cl.O=C(N=c1nc2ccc(F)cc2c2n1CCN2)c1ccc2nc[nH]c2c1. The Kier molecular flexibility index (Phi) is 4.12. The number of imidazole rings is 1. The van der Waals surface area contributed by atoms with Crippen LogP contribution in [-0.4, -0.2) is 32.0 Å². The van der Waals surface area contributed by atoms with Gasteiger partial charge in [-0.25, -0.2) is 14.4 Å². The van der Waals surface area contributed by atoms with Crippen molar-refractivity contribution in [3.8, 4) is 0 Å². The Bertz CT molecular complexity index is 1260. The highest BCUT2D eigenvalue weighted by atomic mass is 35.5. The van der Waals surface area contributed by atoms with Gasteiger partial charge in [0.2, 0.25) is 5.62 Å². The number of hydrogen-bond donors (Lipinski definition) is 2. The smallest absolute Gasteiger partial charge is 0.280 e. The van der Waals surface area contributed by atoms with E-state index in [1.807, 2.05) is 0 Å². The van der Waals surface area contributed by atoms with Gasteiger partial charge >= 0.3 is 0 Å². The maximum atomic E-state index is 13.6. The minimum absolute atomic E-state index is 0. The molecule has 136 valence electrons. The van der Waals surface area contributed by atoms with Gasteiger partial charge in [-0.05, 0) is 36.4 Å². The number of fused-ring (bicyclic) bond motifs is 4. The van der Waals surface area contributed by atoms with Crippen molar-refractivity contribution in [2.75, 3.05) is 11.9 Å². The van der Waals surface area contributed by atoms with Crippen LogP contribution < -0.4 is 10.9 Å². The first-order chi connectivity index (χ1) is 12.7. The fourth-order valence-electron chi connectivity index (χ4n) is 3.21. The van der Waals surface area contributed by atoms with E-state index in [2.05, 4.69) is 25.3 Å². The van der Waals surface area contributed by atoms with Crippen molar-refractivity contribution in [1.29, 1.82) is 0 Å². The zero-order valence-corrected chi connectivity index (χ0v) is 14.8. The van der Waals surface area contributed by atoms with E-state index in [1.165, 1.54) is 12.1 Å². The molecule has 27 heavy (non-hydrogen) atoms. The lowest BCUT2D eigenvalue weighted by atomic mass is 10.2. The molecule has 1 aliphatic rings. The van der Waals surface area contributed by atoms with Crippen LogP contribution in [0.5, 0.6) is 0 Å². The Labute approximate surface area is 158 Å². The lowest BCUT2D eigenvalue weighted by Gasteiger charge is -2.08. The molecule has 5 rings (SSSR count). The molecule has 0 radical (unpaired) electrons. The summed E-state index contributed by atoms with van der Waals surface area (Å²) in [5.41, 5.74) is 2.89. The van der Waals surface area contributed by atoms with Gasteiger partial charge in [-0.15, -0.1) is 12.4 Å². The third-order valence-corrected chi connectivity index (χ3v) is 4.44. The molecule has 9 heteroatoms. The van der Waals surface area contributed by atoms with Crippen molar-refractivity contribution in [2.45, 2.75) is 6.54 Å². The number of hydrogen-bond acceptors (Lipinski definition) is 4. The van der Waals surface area contributed by atoms with Crippen molar-refractivity contribution >= 4 is 46.1 Å². The van der Waals surface area contributed by atoms with Gasteiger partial charge in [0.05, 0.1) is 22.9 Å². The third-order valence-electron chi connectivity index (χ3n) is 4.44. The van der Waals surface area contributed by atoms with Crippen LogP contribution in [0.1, 0.15) is 10.4 Å². The number of carbonyl (C=O) groups excluding carboxylic acids is 1. The molecule has 3 heterocycles. The number of rotatable bonds is 1. The van der Waals surface area contributed by atoms with Gasteiger partial charge < -0.3 is 10.3 Å². The highest BCUT2D eigenvalue weighted by Crippen LogP contribution is 2.23. The minimum atomic E-state index is -0.392. The number of benzene rings is 2. The number of carbonyl (C=O) groups is 1. The van der Waals surface area contributed by atoms with Crippen LogP contribution in [0.15, 0.2) is 47.7 Å². The topological polar surface area (TPSA) is 88.0 Å². The fourth-order valence-corrected chi connectivity index (χ4v) is 3.21. The number of aromatic amines is 1. The van der Waals surface area contributed by atoms with Crippen LogP contribution in [0.3, 0.4) is 0 Å². The zero-order chi connectivity index (χ0) is 17.7. The van der Waals surface area contributed by atoms with Gasteiger partial charge in [-0.2, -0.15) is 4.99 Å². The molecule has 1 amide bonds. The number of aromatic nitrogens is 4. The number of anilines is 1. The van der Waals surface area contributed by atoms with Gasteiger partial charge in [-0.1, -0.05) is 0 Å². The van der Waals surface area contributed by atoms with Crippen molar-refractivity contribution in [1.82, 2.24) is 19.5 Å². The maximum Gasteiger partial charge on any atom is 0.280 e. The lowest BCUT2D eigenvalue weighted by Crippen LogP contribution is -2.24. The van der Waals surface area contributed by atoms with E-state index in [4.69, 9.17) is 0 Å². The lowest BCUT2D eigenvalue weighted by molar-refractivity contribution is 0.0996. The molecule has 0 fully saturated rings. The van der Waals surface area contributed by atoms with Crippen LogP contribution in [0, 0.1) is 5.82 Å². The summed E-state index contributed by atoms with van der Waals surface area (Å²) in [5, 5.41) is 3.89. The van der Waals surface area contributed by atoms with E-state index in [9.17, 15) is 9.18 Å². The van der Waals surface area contributed by atoms with E-state index in [-0.39, 0.29) is 18.2 Å². The number of H-pyrrole nitrogens is 1. The second kappa shape index (κ2) is 6.48. The van der Waals surface area contributed by atoms with Gasteiger partial charge in [-0.3, -0.25) is 9.36 Å². The normalized spacial score (nSPS) is 13.4. The van der Waals surface area contributed by atoms with Crippen molar-refractivity contribution < 1.29 is 9.18 Å². The highest BCUT2D eigenvalue weighted by Gasteiger charge is 2.17. The van der Waals surface area contributed by atoms with E-state index in [0.29, 0.717) is 35.2 Å². The van der Waals surface area contributed by atoms with Crippen molar-refractivity contribution in [3.05, 3.63) is 59.7 Å². The van der Waals surface area contributed by atoms with Gasteiger partial charge in [0.25, 0.3) is 5.91 Å². The second-order valence-electron chi connectivity index (χ2n) is 6.05. The number of amides is 1. The first-order valence-corrected chi connectivity index (χ1v) is 8.15. The summed E-state index contributed by atoms with van der Waals surface area (Å²) in [6, 6.07) is 9.54. The summed E-state index contributed by atoms with van der Waals surface area (Å²) in [5.74, 6) is 0.00607. The first-order valence-electron chi connectivity index (χ1n) is 8.15. The zero-order valence-electron chi connectivity index (χ0n) is 13.9. The van der Waals surface area contributed by atoms with Crippen molar-refractivity contribution in [3.63, 3.8) is 0 Å². The van der Waals surface area contributed by atoms with Gasteiger partial charge in [0.15, 0.2) is 0 Å². The molecule has 0 saturated heterocycles. The summed E-state index contributed by atoms with van der Waals surface area (Å²) in [4.78, 5) is 28.4. The van der Waals surface area contributed by atoms with Gasteiger partial charge in [0, 0.05) is 24.0 Å². The summed E-state index contributed by atoms with van der Waals surface area (Å²) in [6.45, 7) is 1.29. The molecular formula is C18H14ClFN6O. The Hall–Kier alpha value is -3.26. The number of nitrogens with one attached hydrogen (secondary N) is 2. The van der Waals surface area contributed by atoms with E-state index < -0.39 is 5.91 Å². The van der Waals surface area contributed by atoms with Gasteiger partial charge in [0.1, 0.15) is 11.6 Å². The fraction of sp³-hybridized carbons (Fsp3) is 0.111. The molecule has 0 spiro atoms. The molecule has 0 bridgehead atoms. The Morgan fingerprint density at radius 1 is 1.19 bits per heavy atom. The molecule has 0 aliphatic carbocycles. The molecule has 0 atom stereocenters. The standard InChI is InChI=1S/C18H13FN6O.ClH/c19-11-2-4-13-12(8-11)16-20-5-6-25(16)18(23-13)24-17(26)10-1-3-14-15(7-10)22-9-21-14;/h1-4,7-9,20H,5-6H2,(H,21,22);1H. The van der Waals surface area contributed by atoms with Crippen LogP contribution in [-0.2, 0) is 6.54 Å². The minimum Gasteiger partial charge on any atom is -0.369 e. The molecular weight excluding hydrogens is 371 g/mol. The number of nitrogens with zero attached hydrogens (tertiary/aromatic N) is 4. The molecule has 0 saturated carbocycles. The monoisotopic (exact) mass is 384 g/mol. The summed E-state index contributed by atoms with van der Waals surface area (Å²) >= 11 is 0. The molecule has 7 nitrogen and oxygen atoms in total. The molecule has 4 aromatic rings. The molecule has 1 aliphatic heterocycles. The number of halogens is 2. The Morgan fingerprint density at radius 3 is 2.93 bits per heavy atom. The maximum absolute atomic E-state index is 13.6. The quantitative estimate of drug-likeness (QED) is 0.528. The summed E-state index contributed by atoms with van der Waals surface area (Å²) in [7, 11) is 0. The summed E-state index contributed by atoms with van der Waals surface area (Å²) in [6.07, 6.45) is 1.58. The Morgan fingerprint density at radius 2 is 2.04 bits per heavy atom. The van der Waals surface area contributed by atoms with E-state index in [1.54, 1.807) is 35.2 Å². The van der Waals surface area contributed by atoms with Crippen LogP contribution in [0.2, 0.25) is 0 Å². The first kappa shape index (κ1) is 17.2. The average Bonchev–Trinajstić information content (AvgIpc) is 3.31. The van der Waals surface area contributed by atoms with Crippen LogP contribution in [0.4, 0.5) is 10.2 Å². The predicted molar refractivity (Wildman–Crippen MR) is 101 cm³/mol. The largest absolute Gasteiger partial charge is 0.369 e. The average molecular weight is 385 g/mol. The predicted octanol–water partition coefficient (Wildman–Crippen LogP) is 2.64. The van der Waals surface area contributed by atoms with E-state index >= 15 is 0 Å². The molecule has 2 aromatic heterocycles. The third kappa shape index (κ3) is 2.83. The summed E-state index contributed by atoms with van der Waals surface area (Å²) < 4.78 is 15.4. The highest BCUT2D eigenvalue weighted by molar-refractivity contribution is 5.98. The molecule has 2 N–H and O–H groups in total. The van der Waals surface area contributed by atoms with E-state index in [0.717, 1.165) is 16.9 Å². The van der Waals surface area contributed by atoms with Crippen LogP contribution >= 0.6 is 12.4 Å². The second-order valence-corrected chi connectivity index (χ2v) is 6.05.